The zero-order valence-corrected chi connectivity index (χ0v) is 17.0. The number of nitrogens with zero attached hydrogens (tertiary/aromatic N) is 2. The van der Waals surface area contributed by atoms with Gasteiger partial charge in [-0.05, 0) is 54.9 Å². The Labute approximate surface area is 170 Å². The molecule has 0 spiro atoms. The largest absolute Gasteiger partial charge is 0.360 e. The van der Waals surface area contributed by atoms with E-state index in [0.717, 1.165) is 23.8 Å². The zero-order chi connectivity index (χ0) is 18.1. The van der Waals surface area contributed by atoms with Crippen molar-refractivity contribution in [2.75, 3.05) is 6.54 Å². The molecule has 0 unspecified atom stereocenters. The first-order chi connectivity index (χ1) is 12.6. The topological polar surface area (TPSA) is 20.2 Å². The lowest BCUT2D eigenvalue weighted by atomic mass is 9.95. The predicted molar refractivity (Wildman–Crippen MR) is 112 cm³/mol. The average molecular weight is 408 g/mol. The molecule has 26 heavy (non-hydrogen) atoms. The SMILES string of the molecule is S=C(NC1CCCCC1)N1CCn2cccc2[C@H]1c1ccc(Cl)cc1Cl. The van der Waals surface area contributed by atoms with Crippen LogP contribution in [0.3, 0.4) is 0 Å². The van der Waals surface area contributed by atoms with Crippen LogP contribution in [-0.4, -0.2) is 27.2 Å². The Morgan fingerprint density at radius 2 is 1.88 bits per heavy atom. The molecule has 2 aromatic rings. The van der Waals surface area contributed by atoms with Crippen LogP contribution in [0.4, 0.5) is 0 Å². The maximum atomic E-state index is 6.57. The fourth-order valence-electron chi connectivity index (χ4n) is 4.16. The molecule has 2 aliphatic rings. The van der Waals surface area contributed by atoms with Gasteiger partial charge in [0.2, 0.25) is 0 Å². The molecule has 138 valence electrons. The zero-order valence-electron chi connectivity index (χ0n) is 14.6. The van der Waals surface area contributed by atoms with Gasteiger partial charge >= 0.3 is 0 Å². The average Bonchev–Trinajstić information content (AvgIpc) is 3.11. The van der Waals surface area contributed by atoms with E-state index in [1.807, 2.05) is 18.2 Å². The van der Waals surface area contributed by atoms with Gasteiger partial charge in [-0.1, -0.05) is 48.5 Å². The predicted octanol–water partition coefficient (Wildman–Crippen LogP) is 5.41. The number of hydrogen-bond donors (Lipinski definition) is 1. The van der Waals surface area contributed by atoms with Crippen LogP contribution in [0.5, 0.6) is 0 Å². The van der Waals surface area contributed by atoms with Gasteiger partial charge in [0.1, 0.15) is 0 Å². The smallest absolute Gasteiger partial charge is 0.170 e. The van der Waals surface area contributed by atoms with Crippen LogP contribution in [0, 0.1) is 0 Å². The second kappa shape index (κ2) is 7.79. The summed E-state index contributed by atoms with van der Waals surface area (Å²) in [5.41, 5.74) is 2.26. The first-order valence-corrected chi connectivity index (χ1v) is 10.5. The van der Waals surface area contributed by atoms with Gasteiger partial charge < -0.3 is 14.8 Å². The highest BCUT2D eigenvalue weighted by Gasteiger charge is 2.32. The van der Waals surface area contributed by atoms with Crippen molar-refractivity contribution in [3.8, 4) is 0 Å². The molecule has 6 heteroatoms. The minimum Gasteiger partial charge on any atom is -0.360 e. The minimum atomic E-state index is 0.00658. The van der Waals surface area contributed by atoms with E-state index in [2.05, 4.69) is 33.1 Å². The van der Waals surface area contributed by atoms with Crippen molar-refractivity contribution in [2.45, 2.75) is 50.7 Å². The van der Waals surface area contributed by atoms with Crippen molar-refractivity contribution in [1.29, 1.82) is 0 Å². The van der Waals surface area contributed by atoms with Gasteiger partial charge in [-0.3, -0.25) is 0 Å². The van der Waals surface area contributed by atoms with E-state index in [0.29, 0.717) is 16.1 Å². The normalized spacial score (nSPS) is 20.7. The van der Waals surface area contributed by atoms with Gasteiger partial charge in [0.05, 0.1) is 6.04 Å². The standard InChI is InChI=1S/C20H23Cl2N3S/c21-14-8-9-16(17(22)13-14)19-18-7-4-10-24(18)11-12-25(19)20(26)23-15-5-2-1-3-6-15/h4,7-10,13,15,19H,1-3,5-6,11-12H2,(H,23,26)/t19-/m1/s1. The lowest BCUT2D eigenvalue weighted by molar-refractivity contribution is 0.278. The van der Waals surface area contributed by atoms with Crippen LogP contribution in [0.1, 0.15) is 49.4 Å². The van der Waals surface area contributed by atoms with E-state index in [1.165, 1.54) is 37.8 Å². The number of rotatable bonds is 2. The van der Waals surface area contributed by atoms with Gasteiger partial charge in [0.15, 0.2) is 5.11 Å². The first-order valence-electron chi connectivity index (χ1n) is 9.30. The quantitative estimate of drug-likeness (QED) is 0.672. The number of fused-ring (bicyclic) bond motifs is 1. The van der Waals surface area contributed by atoms with E-state index in [9.17, 15) is 0 Å². The molecule has 0 bridgehead atoms. The molecule has 1 fully saturated rings. The second-order valence-electron chi connectivity index (χ2n) is 7.17. The lowest BCUT2D eigenvalue weighted by Gasteiger charge is -2.40. The number of halogens is 2. The van der Waals surface area contributed by atoms with Crippen molar-refractivity contribution >= 4 is 40.5 Å². The molecule has 0 saturated heterocycles. The van der Waals surface area contributed by atoms with Gasteiger partial charge in [0.25, 0.3) is 0 Å². The van der Waals surface area contributed by atoms with Crippen LogP contribution in [0.2, 0.25) is 10.0 Å². The molecular weight excluding hydrogens is 385 g/mol. The summed E-state index contributed by atoms with van der Waals surface area (Å²) in [6, 6.07) is 10.5. The molecule has 1 aromatic heterocycles. The van der Waals surface area contributed by atoms with Gasteiger partial charge in [0, 0.05) is 41.1 Å². The Bertz CT molecular complexity index is 798. The maximum Gasteiger partial charge on any atom is 0.170 e. The Balaban J connectivity index is 1.65. The molecule has 3 nitrogen and oxygen atoms in total. The van der Waals surface area contributed by atoms with Crippen LogP contribution in [0.15, 0.2) is 36.5 Å². The first kappa shape index (κ1) is 18.1. The van der Waals surface area contributed by atoms with Gasteiger partial charge in [-0.2, -0.15) is 0 Å². The fourth-order valence-corrected chi connectivity index (χ4v) is 5.03. The highest BCUT2D eigenvalue weighted by molar-refractivity contribution is 7.80. The number of hydrogen-bond acceptors (Lipinski definition) is 1. The highest BCUT2D eigenvalue weighted by Crippen LogP contribution is 2.37. The summed E-state index contributed by atoms with van der Waals surface area (Å²) in [4.78, 5) is 2.29. The number of nitrogens with one attached hydrogen (secondary N) is 1. The molecule has 1 aromatic carbocycles. The Morgan fingerprint density at radius 3 is 2.65 bits per heavy atom. The molecule has 1 aliphatic heterocycles. The summed E-state index contributed by atoms with van der Waals surface area (Å²) < 4.78 is 2.29. The molecule has 2 heterocycles. The van der Waals surface area contributed by atoms with Crippen molar-refractivity contribution in [1.82, 2.24) is 14.8 Å². The molecule has 0 amide bonds. The maximum absolute atomic E-state index is 6.57. The van der Waals surface area contributed by atoms with Crippen molar-refractivity contribution in [3.05, 3.63) is 57.8 Å². The minimum absolute atomic E-state index is 0.00658. The van der Waals surface area contributed by atoms with Crippen molar-refractivity contribution < 1.29 is 0 Å². The van der Waals surface area contributed by atoms with Crippen LogP contribution in [0.25, 0.3) is 0 Å². The molecule has 1 N–H and O–H groups in total. The van der Waals surface area contributed by atoms with Gasteiger partial charge in [-0.25, -0.2) is 0 Å². The molecule has 1 aliphatic carbocycles. The van der Waals surface area contributed by atoms with E-state index in [1.54, 1.807) is 0 Å². The summed E-state index contributed by atoms with van der Waals surface area (Å²) in [5.74, 6) is 0. The molecule has 1 atom stereocenters. The van der Waals surface area contributed by atoms with E-state index >= 15 is 0 Å². The summed E-state index contributed by atoms with van der Waals surface area (Å²) in [5, 5.41) is 5.79. The molecule has 1 saturated carbocycles. The molecule has 4 rings (SSSR count). The Morgan fingerprint density at radius 1 is 1.08 bits per heavy atom. The lowest BCUT2D eigenvalue weighted by Crippen LogP contribution is -2.50. The molecular formula is C20H23Cl2N3S. The van der Waals surface area contributed by atoms with Crippen LogP contribution >= 0.6 is 35.4 Å². The van der Waals surface area contributed by atoms with E-state index in [4.69, 9.17) is 35.4 Å². The molecule has 0 radical (unpaired) electrons. The summed E-state index contributed by atoms with van der Waals surface area (Å²) in [6.07, 6.45) is 8.45. The van der Waals surface area contributed by atoms with Crippen molar-refractivity contribution in [2.24, 2.45) is 0 Å². The fraction of sp³-hybridized carbons (Fsp3) is 0.450. The summed E-state index contributed by atoms with van der Waals surface area (Å²) in [6.45, 7) is 1.79. The Hall–Kier alpha value is -1.23. The third-order valence-electron chi connectivity index (χ3n) is 5.49. The second-order valence-corrected chi connectivity index (χ2v) is 8.40. The third-order valence-corrected chi connectivity index (χ3v) is 6.40. The summed E-state index contributed by atoms with van der Waals surface area (Å²) >= 11 is 18.5. The van der Waals surface area contributed by atoms with Crippen LogP contribution < -0.4 is 5.32 Å². The van der Waals surface area contributed by atoms with Crippen molar-refractivity contribution in [3.63, 3.8) is 0 Å². The van der Waals surface area contributed by atoms with E-state index in [-0.39, 0.29) is 6.04 Å². The van der Waals surface area contributed by atoms with Gasteiger partial charge in [-0.15, -0.1) is 0 Å². The highest BCUT2D eigenvalue weighted by atomic mass is 35.5. The number of thiocarbonyl (C=S) groups is 1. The third kappa shape index (κ3) is 3.60. The number of benzene rings is 1. The monoisotopic (exact) mass is 407 g/mol. The van der Waals surface area contributed by atoms with Crippen LogP contribution in [-0.2, 0) is 6.54 Å². The Kier molecular flexibility index (Phi) is 5.44. The number of aromatic nitrogens is 1. The van der Waals surface area contributed by atoms with E-state index < -0.39 is 0 Å². The summed E-state index contributed by atoms with van der Waals surface area (Å²) in [7, 11) is 0.